The van der Waals surface area contributed by atoms with Crippen molar-refractivity contribution in [3.63, 3.8) is 0 Å². The van der Waals surface area contributed by atoms with Crippen LogP contribution in [0.5, 0.6) is 5.75 Å². The maximum absolute atomic E-state index is 11.6. The number of phenolic OH excluding ortho intramolecular Hbond substituents is 1. The van der Waals surface area contributed by atoms with E-state index in [0.29, 0.717) is 18.3 Å². The molecule has 1 aromatic carbocycles. The van der Waals surface area contributed by atoms with Gasteiger partial charge in [0.2, 0.25) is 5.89 Å². The molecular formula is C15H15NO4. The highest BCUT2D eigenvalue weighted by molar-refractivity contribution is 5.88. The van der Waals surface area contributed by atoms with Gasteiger partial charge in [0.15, 0.2) is 5.69 Å². The van der Waals surface area contributed by atoms with Gasteiger partial charge < -0.3 is 14.3 Å². The Balaban J connectivity index is 2.16. The van der Waals surface area contributed by atoms with Crippen molar-refractivity contribution >= 4 is 18.1 Å². The van der Waals surface area contributed by atoms with Crippen molar-refractivity contribution in [1.29, 1.82) is 0 Å². The van der Waals surface area contributed by atoms with Crippen molar-refractivity contribution < 1.29 is 19.1 Å². The summed E-state index contributed by atoms with van der Waals surface area (Å²) in [6, 6.07) is 6.69. The molecule has 5 nitrogen and oxygen atoms in total. The van der Waals surface area contributed by atoms with E-state index in [4.69, 9.17) is 9.15 Å². The van der Waals surface area contributed by atoms with Crippen molar-refractivity contribution in [3.05, 3.63) is 47.2 Å². The Labute approximate surface area is 116 Å². The number of aryl methyl sites for hydroxylation is 1. The van der Waals surface area contributed by atoms with E-state index in [0.717, 1.165) is 5.56 Å². The number of aromatic hydroxyl groups is 1. The molecule has 0 saturated heterocycles. The normalized spacial score (nSPS) is 10.9. The second-order valence-corrected chi connectivity index (χ2v) is 4.10. The standard InChI is InChI=1S/C15H15NO4/c1-3-19-15(18)14-10(2)20-13(16-14)9-6-11-4-7-12(17)8-5-11/h4-9,17H,3H2,1-2H3/b9-6+. The molecule has 20 heavy (non-hydrogen) atoms. The highest BCUT2D eigenvalue weighted by Crippen LogP contribution is 2.15. The molecule has 1 N–H and O–H groups in total. The summed E-state index contributed by atoms with van der Waals surface area (Å²) in [5.74, 6) is 0.476. The lowest BCUT2D eigenvalue weighted by Gasteiger charge is -1.96. The smallest absolute Gasteiger partial charge is 0.360 e. The first-order chi connectivity index (χ1) is 9.60. The van der Waals surface area contributed by atoms with Gasteiger partial charge in [0.25, 0.3) is 0 Å². The molecule has 0 spiro atoms. The van der Waals surface area contributed by atoms with E-state index < -0.39 is 5.97 Å². The quantitative estimate of drug-likeness (QED) is 0.867. The van der Waals surface area contributed by atoms with E-state index >= 15 is 0 Å². The molecule has 2 aromatic rings. The number of phenols is 1. The minimum atomic E-state index is -0.488. The zero-order valence-corrected chi connectivity index (χ0v) is 11.3. The molecule has 104 valence electrons. The Bertz CT molecular complexity index is 626. The molecule has 0 atom stereocenters. The largest absolute Gasteiger partial charge is 0.508 e. The number of hydrogen-bond acceptors (Lipinski definition) is 5. The van der Waals surface area contributed by atoms with Crippen LogP contribution in [0.4, 0.5) is 0 Å². The average molecular weight is 273 g/mol. The molecule has 0 amide bonds. The summed E-state index contributed by atoms with van der Waals surface area (Å²) in [5.41, 5.74) is 1.08. The minimum absolute atomic E-state index is 0.192. The third-order valence-electron chi connectivity index (χ3n) is 2.59. The minimum Gasteiger partial charge on any atom is -0.508 e. The van der Waals surface area contributed by atoms with Crippen LogP contribution in [0.3, 0.4) is 0 Å². The van der Waals surface area contributed by atoms with Crippen LogP contribution < -0.4 is 0 Å². The topological polar surface area (TPSA) is 72.6 Å². The molecule has 1 aromatic heterocycles. The molecule has 2 rings (SSSR count). The highest BCUT2D eigenvalue weighted by atomic mass is 16.5. The number of aromatic nitrogens is 1. The fraction of sp³-hybridized carbons (Fsp3) is 0.200. The summed E-state index contributed by atoms with van der Waals surface area (Å²) < 4.78 is 10.3. The molecular weight excluding hydrogens is 258 g/mol. The van der Waals surface area contributed by atoms with Gasteiger partial charge in [0, 0.05) is 6.08 Å². The van der Waals surface area contributed by atoms with Crippen LogP contribution in [0.15, 0.2) is 28.7 Å². The fourth-order valence-corrected chi connectivity index (χ4v) is 1.63. The van der Waals surface area contributed by atoms with Crippen molar-refractivity contribution in [3.8, 4) is 5.75 Å². The van der Waals surface area contributed by atoms with Crippen molar-refractivity contribution in [1.82, 2.24) is 4.98 Å². The number of benzene rings is 1. The fourth-order valence-electron chi connectivity index (χ4n) is 1.63. The molecule has 0 aliphatic heterocycles. The molecule has 1 heterocycles. The van der Waals surface area contributed by atoms with E-state index in [2.05, 4.69) is 4.98 Å². The summed E-state index contributed by atoms with van der Waals surface area (Å²) in [4.78, 5) is 15.7. The number of oxazole rings is 1. The van der Waals surface area contributed by atoms with E-state index in [1.807, 2.05) is 0 Å². The number of esters is 1. The van der Waals surface area contributed by atoms with Crippen LogP contribution >= 0.6 is 0 Å². The maximum atomic E-state index is 11.6. The number of carbonyl (C=O) groups is 1. The lowest BCUT2D eigenvalue weighted by molar-refractivity contribution is 0.0518. The van der Waals surface area contributed by atoms with Gasteiger partial charge in [-0.05, 0) is 37.6 Å². The van der Waals surface area contributed by atoms with Crippen LogP contribution in [0.2, 0.25) is 0 Å². The molecule has 5 heteroatoms. The first-order valence-electron chi connectivity index (χ1n) is 6.22. The van der Waals surface area contributed by atoms with Crippen LogP contribution in [0.1, 0.15) is 34.6 Å². The summed E-state index contributed by atoms with van der Waals surface area (Å²) in [6.07, 6.45) is 3.43. The van der Waals surface area contributed by atoms with E-state index in [1.165, 1.54) is 0 Å². The molecule has 0 radical (unpaired) electrons. The second kappa shape index (κ2) is 6.06. The van der Waals surface area contributed by atoms with E-state index in [1.54, 1.807) is 50.3 Å². The SMILES string of the molecule is CCOC(=O)c1nc(/C=C/c2ccc(O)cc2)oc1C. The molecule has 0 saturated carbocycles. The Morgan fingerprint density at radius 3 is 2.70 bits per heavy atom. The first-order valence-corrected chi connectivity index (χ1v) is 6.22. The predicted molar refractivity (Wildman–Crippen MR) is 74.2 cm³/mol. The van der Waals surface area contributed by atoms with Gasteiger partial charge in [-0.1, -0.05) is 12.1 Å². The molecule has 0 aliphatic carbocycles. The molecule has 0 fully saturated rings. The molecule has 0 unspecified atom stereocenters. The lowest BCUT2D eigenvalue weighted by Crippen LogP contribution is -2.06. The number of ether oxygens (including phenoxy) is 1. The van der Waals surface area contributed by atoms with Gasteiger partial charge in [-0.3, -0.25) is 0 Å². The van der Waals surface area contributed by atoms with Gasteiger partial charge in [-0.15, -0.1) is 0 Å². The van der Waals surface area contributed by atoms with Gasteiger partial charge >= 0.3 is 5.97 Å². The van der Waals surface area contributed by atoms with E-state index in [-0.39, 0.29) is 11.4 Å². The average Bonchev–Trinajstić information content (AvgIpc) is 2.80. The maximum Gasteiger partial charge on any atom is 0.360 e. The van der Waals surface area contributed by atoms with Gasteiger partial charge in [0.05, 0.1) is 6.61 Å². The van der Waals surface area contributed by atoms with Crippen LogP contribution in [-0.4, -0.2) is 22.7 Å². The monoisotopic (exact) mass is 273 g/mol. The van der Waals surface area contributed by atoms with Crippen LogP contribution in [0, 0.1) is 6.92 Å². The first kappa shape index (κ1) is 13.9. The van der Waals surface area contributed by atoms with Gasteiger partial charge in [-0.2, -0.15) is 0 Å². The third-order valence-corrected chi connectivity index (χ3v) is 2.59. The number of nitrogens with zero attached hydrogens (tertiary/aromatic N) is 1. The summed E-state index contributed by atoms with van der Waals surface area (Å²) in [6.45, 7) is 3.69. The Kier molecular flexibility index (Phi) is 4.20. The van der Waals surface area contributed by atoms with Crippen LogP contribution in [-0.2, 0) is 4.74 Å². The Morgan fingerprint density at radius 2 is 2.05 bits per heavy atom. The number of hydrogen-bond donors (Lipinski definition) is 1. The zero-order chi connectivity index (χ0) is 14.5. The zero-order valence-electron chi connectivity index (χ0n) is 11.3. The predicted octanol–water partition coefficient (Wildman–Crippen LogP) is 3.04. The van der Waals surface area contributed by atoms with Gasteiger partial charge in [0.1, 0.15) is 11.5 Å². The van der Waals surface area contributed by atoms with E-state index in [9.17, 15) is 9.90 Å². The highest BCUT2D eigenvalue weighted by Gasteiger charge is 2.16. The van der Waals surface area contributed by atoms with Crippen molar-refractivity contribution in [2.24, 2.45) is 0 Å². The Morgan fingerprint density at radius 1 is 1.35 bits per heavy atom. The third kappa shape index (κ3) is 3.26. The second-order valence-electron chi connectivity index (χ2n) is 4.10. The Hall–Kier alpha value is -2.56. The number of rotatable bonds is 4. The number of carbonyl (C=O) groups excluding carboxylic acids is 1. The molecule has 0 aliphatic rings. The van der Waals surface area contributed by atoms with Crippen LogP contribution in [0.25, 0.3) is 12.2 Å². The lowest BCUT2D eigenvalue weighted by atomic mass is 10.2. The van der Waals surface area contributed by atoms with Gasteiger partial charge in [-0.25, -0.2) is 9.78 Å². The van der Waals surface area contributed by atoms with Crippen molar-refractivity contribution in [2.75, 3.05) is 6.61 Å². The summed E-state index contributed by atoms with van der Waals surface area (Å²) in [5, 5.41) is 9.19. The summed E-state index contributed by atoms with van der Waals surface area (Å²) >= 11 is 0. The molecule has 0 bridgehead atoms. The van der Waals surface area contributed by atoms with Crippen molar-refractivity contribution in [2.45, 2.75) is 13.8 Å². The summed E-state index contributed by atoms with van der Waals surface area (Å²) in [7, 11) is 0.